The van der Waals surface area contributed by atoms with Gasteiger partial charge in [0.15, 0.2) is 5.11 Å². The van der Waals surface area contributed by atoms with Gasteiger partial charge in [0.2, 0.25) is 0 Å². The molecule has 0 spiro atoms. The number of imidazole rings is 1. The Hall–Kier alpha value is -2.73. The Balaban J connectivity index is 1.57. The minimum Gasteiger partial charge on any atom is -0.358 e. The molecule has 5 nitrogen and oxygen atoms in total. The lowest BCUT2D eigenvalue weighted by atomic mass is 10.2. The first-order valence-electron chi connectivity index (χ1n) is 7.69. The fourth-order valence-corrected chi connectivity index (χ4v) is 2.56. The van der Waals surface area contributed by atoms with Crippen LogP contribution in [-0.4, -0.2) is 19.6 Å². The molecule has 3 rings (SSSR count). The summed E-state index contributed by atoms with van der Waals surface area (Å²) in [5.41, 5.74) is 3.20. The highest BCUT2D eigenvalue weighted by Crippen LogP contribution is 2.11. The predicted molar refractivity (Wildman–Crippen MR) is 100 cm³/mol. The number of thiocarbonyl (C=S) groups is 1. The molecule has 24 heavy (non-hydrogen) atoms. The van der Waals surface area contributed by atoms with Crippen molar-refractivity contribution in [3.05, 3.63) is 71.9 Å². The Morgan fingerprint density at radius 1 is 1.12 bits per heavy atom. The monoisotopic (exact) mass is 337 g/mol. The van der Waals surface area contributed by atoms with Crippen molar-refractivity contribution in [3.63, 3.8) is 0 Å². The second-order valence-electron chi connectivity index (χ2n) is 5.48. The summed E-state index contributed by atoms with van der Waals surface area (Å²) in [6.45, 7) is 4.59. The number of hydrogen-bond donors (Lipinski definition) is 2. The van der Waals surface area contributed by atoms with Crippen molar-refractivity contribution >= 4 is 23.1 Å². The van der Waals surface area contributed by atoms with E-state index in [4.69, 9.17) is 12.2 Å². The molecule has 0 saturated carbocycles. The van der Waals surface area contributed by atoms with Gasteiger partial charge in [-0.05, 0) is 55.9 Å². The molecule has 2 heterocycles. The van der Waals surface area contributed by atoms with E-state index in [9.17, 15) is 0 Å². The van der Waals surface area contributed by atoms with Gasteiger partial charge in [0.25, 0.3) is 0 Å². The van der Waals surface area contributed by atoms with Gasteiger partial charge in [0.05, 0.1) is 0 Å². The number of nitrogens with one attached hydrogen (secondary N) is 2. The van der Waals surface area contributed by atoms with Gasteiger partial charge < -0.3 is 15.2 Å². The van der Waals surface area contributed by atoms with Crippen LogP contribution in [-0.2, 0) is 6.54 Å². The van der Waals surface area contributed by atoms with Crippen molar-refractivity contribution in [2.75, 3.05) is 5.32 Å². The number of hydrogen-bond acceptors (Lipinski definition) is 3. The van der Waals surface area contributed by atoms with Gasteiger partial charge in [-0.25, -0.2) is 9.97 Å². The Bertz CT molecular complexity index is 839. The van der Waals surface area contributed by atoms with Gasteiger partial charge in [-0.2, -0.15) is 0 Å². The van der Waals surface area contributed by atoms with E-state index in [1.807, 2.05) is 42.8 Å². The molecular formula is C18H19N5S. The standard InChI is InChI=1S/C18H19N5S/c1-13-4-3-5-17(21-13)22-18(24)20-12-15-6-8-16(9-7-15)23-11-10-19-14(23)2/h3-11H,12H2,1-2H3,(H2,20,21,22,24). The summed E-state index contributed by atoms with van der Waals surface area (Å²) < 4.78 is 2.05. The zero-order chi connectivity index (χ0) is 16.9. The smallest absolute Gasteiger partial charge is 0.172 e. The molecule has 2 N–H and O–H groups in total. The number of anilines is 1. The SMILES string of the molecule is Cc1cccc(NC(=S)NCc2ccc(-n3ccnc3C)cc2)n1. The zero-order valence-corrected chi connectivity index (χ0v) is 14.5. The summed E-state index contributed by atoms with van der Waals surface area (Å²) in [7, 11) is 0. The van der Waals surface area contributed by atoms with Crippen molar-refractivity contribution in [2.45, 2.75) is 20.4 Å². The van der Waals surface area contributed by atoms with Crippen LogP contribution in [0, 0.1) is 13.8 Å². The van der Waals surface area contributed by atoms with Crippen LogP contribution in [0.4, 0.5) is 5.82 Å². The average molecular weight is 337 g/mol. The largest absolute Gasteiger partial charge is 0.358 e. The van der Waals surface area contributed by atoms with Crippen LogP contribution in [0.25, 0.3) is 5.69 Å². The molecule has 0 radical (unpaired) electrons. The van der Waals surface area contributed by atoms with Crippen LogP contribution in [0.15, 0.2) is 54.9 Å². The van der Waals surface area contributed by atoms with Crippen molar-refractivity contribution in [2.24, 2.45) is 0 Å². The molecule has 6 heteroatoms. The zero-order valence-electron chi connectivity index (χ0n) is 13.7. The Labute approximate surface area is 146 Å². The second-order valence-corrected chi connectivity index (χ2v) is 5.89. The maximum Gasteiger partial charge on any atom is 0.172 e. The van der Waals surface area contributed by atoms with E-state index in [0.717, 1.165) is 28.6 Å². The Morgan fingerprint density at radius 2 is 1.92 bits per heavy atom. The first kappa shape index (κ1) is 16.1. The number of benzene rings is 1. The lowest BCUT2D eigenvalue weighted by Crippen LogP contribution is -2.28. The van der Waals surface area contributed by atoms with Gasteiger partial charge in [0.1, 0.15) is 11.6 Å². The first-order valence-corrected chi connectivity index (χ1v) is 8.10. The van der Waals surface area contributed by atoms with Crippen LogP contribution >= 0.6 is 12.2 Å². The van der Waals surface area contributed by atoms with Crippen molar-refractivity contribution < 1.29 is 0 Å². The summed E-state index contributed by atoms with van der Waals surface area (Å²) in [5.74, 6) is 1.72. The van der Waals surface area contributed by atoms with E-state index in [2.05, 4.69) is 44.9 Å². The lowest BCUT2D eigenvalue weighted by Gasteiger charge is -2.11. The molecule has 0 aliphatic rings. The molecule has 0 aliphatic heterocycles. The van der Waals surface area contributed by atoms with Crippen LogP contribution < -0.4 is 10.6 Å². The van der Waals surface area contributed by atoms with Crippen molar-refractivity contribution in [1.82, 2.24) is 19.9 Å². The Morgan fingerprint density at radius 3 is 2.58 bits per heavy atom. The van der Waals surface area contributed by atoms with Gasteiger partial charge in [-0.15, -0.1) is 0 Å². The molecule has 0 aliphatic carbocycles. The van der Waals surface area contributed by atoms with Crippen LogP contribution in [0.5, 0.6) is 0 Å². The average Bonchev–Trinajstić information content (AvgIpc) is 2.99. The van der Waals surface area contributed by atoms with Gasteiger partial charge in [-0.1, -0.05) is 18.2 Å². The van der Waals surface area contributed by atoms with Gasteiger partial charge in [-0.3, -0.25) is 0 Å². The molecular weight excluding hydrogens is 318 g/mol. The first-order chi connectivity index (χ1) is 11.6. The van der Waals surface area contributed by atoms with E-state index in [1.165, 1.54) is 0 Å². The molecule has 0 unspecified atom stereocenters. The number of aromatic nitrogens is 3. The van der Waals surface area contributed by atoms with Crippen molar-refractivity contribution in [1.29, 1.82) is 0 Å². The fourth-order valence-electron chi connectivity index (χ4n) is 2.38. The molecule has 0 fully saturated rings. The molecule has 122 valence electrons. The fraction of sp³-hybridized carbons (Fsp3) is 0.167. The lowest BCUT2D eigenvalue weighted by molar-refractivity contribution is 0.919. The molecule has 3 aromatic rings. The molecule has 0 bridgehead atoms. The summed E-state index contributed by atoms with van der Waals surface area (Å²) in [6.07, 6.45) is 3.75. The number of nitrogens with zero attached hydrogens (tertiary/aromatic N) is 3. The maximum absolute atomic E-state index is 5.31. The van der Waals surface area contributed by atoms with E-state index in [1.54, 1.807) is 6.20 Å². The molecule has 2 aromatic heterocycles. The number of aryl methyl sites for hydroxylation is 2. The van der Waals surface area contributed by atoms with Crippen LogP contribution in [0.1, 0.15) is 17.1 Å². The third-order valence-electron chi connectivity index (χ3n) is 3.62. The third-order valence-corrected chi connectivity index (χ3v) is 3.87. The van der Waals surface area contributed by atoms with Gasteiger partial charge >= 0.3 is 0 Å². The highest BCUT2D eigenvalue weighted by molar-refractivity contribution is 7.80. The molecule has 0 atom stereocenters. The minimum absolute atomic E-state index is 0.558. The summed E-state index contributed by atoms with van der Waals surface area (Å²) in [6, 6.07) is 14.1. The number of pyridine rings is 1. The molecule has 0 amide bonds. The Kier molecular flexibility index (Phi) is 4.86. The quantitative estimate of drug-likeness (QED) is 0.715. The van der Waals surface area contributed by atoms with Crippen molar-refractivity contribution in [3.8, 4) is 5.69 Å². The summed E-state index contributed by atoms with van der Waals surface area (Å²) in [4.78, 5) is 8.61. The summed E-state index contributed by atoms with van der Waals surface area (Å²) in [5, 5.41) is 6.84. The van der Waals surface area contributed by atoms with Crippen LogP contribution in [0.3, 0.4) is 0 Å². The normalized spacial score (nSPS) is 10.4. The van der Waals surface area contributed by atoms with Gasteiger partial charge in [0, 0.05) is 30.3 Å². The summed E-state index contributed by atoms with van der Waals surface area (Å²) >= 11 is 5.31. The van der Waals surface area contributed by atoms with Crippen LogP contribution in [0.2, 0.25) is 0 Å². The highest BCUT2D eigenvalue weighted by atomic mass is 32.1. The van der Waals surface area contributed by atoms with E-state index < -0.39 is 0 Å². The molecule has 1 aromatic carbocycles. The van der Waals surface area contributed by atoms with E-state index >= 15 is 0 Å². The third kappa shape index (κ3) is 3.97. The second kappa shape index (κ2) is 7.23. The highest BCUT2D eigenvalue weighted by Gasteiger charge is 2.02. The molecule has 0 saturated heterocycles. The number of rotatable bonds is 4. The van der Waals surface area contributed by atoms with E-state index in [-0.39, 0.29) is 0 Å². The van der Waals surface area contributed by atoms with E-state index in [0.29, 0.717) is 11.7 Å². The predicted octanol–water partition coefficient (Wildman–Crippen LogP) is 3.37. The maximum atomic E-state index is 5.31. The topological polar surface area (TPSA) is 54.8 Å². The minimum atomic E-state index is 0.558.